The molecule has 10 heteroatoms. The van der Waals surface area contributed by atoms with Gasteiger partial charge in [-0.15, -0.1) is 0 Å². The largest absolute Gasteiger partial charge is 0.464 e. The minimum Gasteiger partial charge on any atom is -0.464 e. The van der Waals surface area contributed by atoms with Crippen LogP contribution in [-0.4, -0.2) is 36.0 Å². The smallest absolute Gasteiger partial charge is 0.417 e. The molecule has 34 heavy (non-hydrogen) atoms. The fraction of sp³-hybridized carbons (Fsp3) is 0.667. The Labute approximate surface area is 195 Å². The van der Waals surface area contributed by atoms with Crippen LogP contribution >= 0.6 is 0 Å². The predicted octanol–water partition coefficient (Wildman–Crippen LogP) is 7.01. The lowest BCUT2D eigenvalue weighted by molar-refractivity contribution is -0.148. The summed E-state index contributed by atoms with van der Waals surface area (Å²) in [6.07, 6.45) is -1.10. The van der Waals surface area contributed by atoms with E-state index in [0.717, 1.165) is 30.6 Å². The van der Waals surface area contributed by atoms with Crippen molar-refractivity contribution in [1.29, 1.82) is 0 Å². The van der Waals surface area contributed by atoms with E-state index in [9.17, 15) is 35.9 Å². The number of rotatable bonds is 11. The summed E-state index contributed by atoms with van der Waals surface area (Å²) in [5.74, 6) is -2.00. The average molecular weight is 496 g/mol. The minimum absolute atomic E-state index is 0.0378. The highest BCUT2D eigenvalue weighted by Crippen LogP contribution is 2.37. The van der Waals surface area contributed by atoms with E-state index in [1.807, 2.05) is 0 Å². The van der Waals surface area contributed by atoms with Crippen molar-refractivity contribution in [2.24, 2.45) is 0 Å². The van der Waals surface area contributed by atoms with Crippen molar-refractivity contribution in [3.8, 4) is 0 Å². The number of alkyl halides is 6. The first-order valence-corrected chi connectivity index (χ1v) is 11.7. The molecule has 1 amide bonds. The van der Waals surface area contributed by atoms with Gasteiger partial charge in [-0.2, -0.15) is 26.3 Å². The summed E-state index contributed by atoms with van der Waals surface area (Å²) in [4.78, 5) is 26.3. The maximum absolute atomic E-state index is 13.4. The van der Waals surface area contributed by atoms with E-state index >= 15 is 0 Å². The molecule has 1 unspecified atom stereocenters. The van der Waals surface area contributed by atoms with Gasteiger partial charge in [0.15, 0.2) is 0 Å². The molecule has 4 nitrogen and oxygen atoms in total. The van der Waals surface area contributed by atoms with Gasteiger partial charge < -0.3 is 9.64 Å². The number of benzene rings is 1. The molecule has 1 aliphatic heterocycles. The summed E-state index contributed by atoms with van der Waals surface area (Å²) in [5, 5.41) is 0. The van der Waals surface area contributed by atoms with E-state index in [1.165, 1.54) is 19.3 Å². The van der Waals surface area contributed by atoms with Crippen LogP contribution in [0.5, 0.6) is 0 Å². The number of likely N-dealkylation sites (tertiary alicyclic amines) is 1. The maximum atomic E-state index is 13.4. The predicted molar refractivity (Wildman–Crippen MR) is 114 cm³/mol. The van der Waals surface area contributed by atoms with Crippen LogP contribution in [0.25, 0.3) is 0 Å². The summed E-state index contributed by atoms with van der Waals surface area (Å²) in [6, 6.07) is -0.370. The number of hydrogen-bond donors (Lipinski definition) is 0. The summed E-state index contributed by atoms with van der Waals surface area (Å²) in [6.45, 7) is 2.23. The van der Waals surface area contributed by atoms with Crippen molar-refractivity contribution < 1.29 is 40.7 Å². The third-order valence-electron chi connectivity index (χ3n) is 5.91. The second-order valence-electron chi connectivity index (χ2n) is 8.55. The molecule has 0 N–H and O–H groups in total. The molecule has 1 saturated heterocycles. The van der Waals surface area contributed by atoms with Gasteiger partial charge in [0.2, 0.25) is 0 Å². The van der Waals surface area contributed by atoms with Gasteiger partial charge in [0.05, 0.1) is 23.3 Å². The van der Waals surface area contributed by atoms with Crippen molar-refractivity contribution >= 4 is 11.9 Å². The number of carbonyl (C=O) groups is 2. The molecule has 2 rings (SSSR count). The van der Waals surface area contributed by atoms with Gasteiger partial charge in [0, 0.05) is 6.54 Å². The van der Waals surface area contributed by atoms with E-state index in [0.29, 0.717) is 18.9 Å². The van der Waals surface area contributed by atoms with Gasteiger partial charge in [-0.1, -0.05) is 51.9 Å². The molecule has 0 radical (unpaired) electrons. The Morgan fingerprint density at radius 1 is 0.941 bits per heavy atom. The molecule has 1 fully saturated rings. The highest BCUT2D eigenvalue weighted by atomic mass is 19.4. The van der Waals surface area contributed by atoms with Crippen LogP contribution in [0.4, 0.5) is 26.3 Å². The van der Waals surface area contributed by atoms with Gasteiger partial charge in [0.1, 0.15) is 6.04 Å². The molecule has 1 aromatic rings. The van der Waals surface area contributed by atoms with E-state index in [4.69, 9.17) is 4.74 Å². The number of ether oxygens (including phenoxy) is 1. The van der Waals surface area contributed by atoms with Gasteiger partial charge in [-0.3, -0.25) is 4.79 Å². The van der Waals surface area contributed by atoms with Crippen molar-refractivity contribution in [3.63, 3.8) is 0 Å². The zero-order chi connectivity index (χ0) is 25.4. The molecule has 0 aliphatic carbocycles. The van der Waals surface area contributed by atoms with Gasteiger partial charge >= 0.3 is 18.3 Å². The number of carbonyl (C=O) groups excluding carboxylic acids is 2. The Balaban J connectivity index is 2.00. The zero-order valence-corrected chi connectivity index (χ0v) is 19.2. The Morgan fingerprint density at radius 2 is 1.56 bits per heavy atom. The highest BCUT2D eigenvalue weighted by molar-refractivity contribution is 5.98. The van der Waals surface area contributed by atoms with Crippen molar-refractivity contribution in [3.05, 3.63) is 34.9 Å². The maximum Gasteiger partial charge on any atom is 0.417 e. The monoisotopic (exact) mass is 495 g/mol. The molecule has 1 aromatic carbocycles. The summed E-state index contributed by atoms with van der Waals surface area (Å²) in [5.41, 5.74) is -3.95. The second kappa shape index (κ2) is 12.4. The lowest BCUT2D eigenvalue weighted by Gasteiger charge is -2.25. The number of hydrogen-bond acceptors (Lipinski definition) is 3. The molecular formula is C24H31F6NO3. The van der Waals surface area contributed by atoms with Crippen LogP contribution in [0, 0.1) is 0 Å². The van der Waals surface area contributed by atoms with Crippen molar-refractivity contribution in [1.82, 2.24) is 4.90 Å². The number of halogens is 6. The van der Waals surface area contributed by atoms with Gasteiger partial charge in [0.25, 0.3) is 5.91 Å². The Kier molecular flexibility index (Phi) is 10.2. The van der Waals surface area contributed by atoms with Crippen LogP contribution in [0.2, 0.25) is 0 Å². The first-order chi connectivity index (χ1) is 16.0. The van der Waals surface area contributed by atoms with Crippen LogP contribution in [0.1, 0.15) is 92.6 Å². The Bertz CT molecular complexity index is 822. The normalized spacial score (nSPS) is 16.7. The number of esters is 1. The van der Waals surface area contributed by atoms with E-state index in [-0.39, 0.29) is 31.7 Å². The molecular weight excluding hydrogens is 464 g/mol. The molecule has 0 spiro atoms. The first kappa shape index (κ1) is 28.0. The van der Waals surface area contributed by atoms with Crippen molar-refractivity contribution in [2.45, 2.75) is 89.5 Å². The summed E-state index contributed by atoms with van der Waals surface area (Å²) in [7, 11) is 0. The zero-order valence-electron chi connectivity index (χ0n) is 19.2. The van der Waals surface area contributed by atoms with Crippen LogP contribution in [-0.2, 0) is 21.9 Å². The number of amides is 1. The molecule has 0 aromatic heterocycles. The van der Waals surface area contributed by atoms with Crippen molar-refractivity contribution in [2.75, 3.05) is 13.2 Å². The number of nitrogens with zero attached hydrogens (tertiary/aromatic N) is 1. The molecule has 0 bridgehead atoms. The fourth-order valence-corrected chi connectivity index (χ4v) is 4.06. The minimum atomic E-state index is -5.03. The fourth-order valence-electron chi connectivity index (χ4n) is 4.06. The van der Waals surface area contributed by atoms with Crippen LogP contribution in [0.3, 0.4) is 0 Å². The topological polar surface area (TPSA) is 46.6 Å². The Hall–Kier alpha value is -2.26. The standard InChI is InChI=1S/C24H31F6NO3/c1-2-3-4-5-6-7-8-9-15-34-22(33)20-11-10-14-31(20)21(32)18-16-17(23(25,26)27)12-13-19(18)24(28,29)30/h12-13,16,20H,2-11,14-15H2,1H3. The van der Waals surface area contributed by atoms with Crippen LogP contribution < -0.4 is 0 Å². The lowest BCUT2D eigenvalue weighted by atomic mass is 10.0. The average Bonchev–Trinajstić information content (AvgIpc) is 3.25. The number of unbranched alkanes of at least 4 members (excludes halogenated alkanes) is 7. The Morgan fingerprint density at radius 3 is 2.15 bits per heavy atom. The van der Waals surface area contributed by atoms with Crippen LogP contribution in [0.15, 0.2) is 18.2 Å². The summed E-state index contributed by atoms with van der Waals surface area (Å²) >= 11 is 0. The van der Waals surface area contributed by atoms with Gasteiger partial charge in [-0.25, -0.2) is 4.79 Å². The van der Waals surface area contributed by atoms with E-state index in [1.54, 1.807) is 0 Å². The highest BCUT2D eigenvalue weighted by Gasteiger charge is 2.42. The van der Waals surface area contributed by atoms with E-state index in [2.05, 4.69) is 6.92 Å². The molecule has 192 valence electrons. The first-order valence-electron chi connectivity index (χ1n) is 11.7. The third kappa shape index (κ3) is 7.91. The molecule has 1 atom stereocenters. The second-order valence-corrected chi connectivity index (χ2v) is 8.55. The molecule has 1 aliphatic rings. The SMILES string of the molecule is CCCCCCCCCCOC(=O)C1CCCN1C(=O)c1cc(C(F)(F)F)ccc1C(F)(F)F. The lowest BCUT2D eigenvalue weighted by Crippen LogP contribution is -2.42. The molecule has 1 heterocycles. The van der Waals surface area contributed by atoms with E-state index < -0.39 is 47.0 Å². The van der Waals surface area contributed by atoms with Gasteiger partial charge in [-0.05, 0) is 37.5 Å². The molecule has 0 saturated carbocycles. The third-order valence-corrected chi connectivity index (χ3v) is 5.91. The summed E-state index contributed by atoms with van der Waals surface area (Å²) < 4.78 is 84.6. The quantitative estimate of drug-likeness (QED) is 0.188.